The molecule has 0 aliphatic rings. The van der Waals surface area contributed by atoms with E-state index in [1.165, 1.54) is 7.05 Å². The molecule has 0 aromatic heterocycles. The van der Waals surface area contributed by atoms with Crippen LogP contribution in [0, 0.1) is 0 Å². The molecule has 2 N–H and O–H groups in total. The van der Waals surface area contributed by atoms with E-state index >= 15 is 0 Å². The first kappa shape index (κ1) is 14.7. The van der Waals surface area contributed by atoms with Crippen LogP contribution in [0.25, 0.3) is 0 Å². The van der Waals surface area contributed by atoms with Crippen molar-refractivity contribution in [1.29, 1.82) is 0 Å². The number of amides is 1. The molecule has 0 saturated heterocycles. The number of nitrogens with zero attached hydrogens (tertiary/aromatic N) is 1. The van der Waals surface area contributed by atoms with Crippen molar-refractivity contribution in [3.05, 3.63) is 0 Å². The quantitative estimate of drug-likeness (QED) is 0.746. The number of hydrogen-bond donors (Lipinski definition) is 2. The van der Waals surface area contributed by atoms with E-state index < -0.39 is 23.7 Å². The van der Waals surface area contributed by atoms with Crippen LogP contribution >= 0.6 is 0 Å². The fraction of sp³-hybridized carbons (Fsp3) is 0.800. The van der Waals surface area contributed by atoms with Gasteiger partial charge in [-0.3, -0.25) is 4.90 Å². The summed E-state index contributed by atoms with van der Waals surface area (Å²) in [7, 11) is 1.34. The fourth-order valence-electron chi connectivity index (χ4n) is 1.07. The number of aliphatic hydroxyl groups excluding tert-OH is 1. The number of likely N-dealkylation sites (N-methyl/N-ethyl adjacent to an activating group) is 1. The van der Waals surface area contributed by atoms with E-state index in [4.69, 9.17) is 14.9 Å². The van der Waals surface area contributed by atoms with E-state index in [0.29, 0.717) is 0 Å². The summed E-state index contributed by atoms with van der Waals surface area (Å²) in [5.74, 6) is -1.16. The standard InChI is InChI=1S/C10H19NO5/c1-10(2,3)16-9(15)11(4)7(5-6-12)8(13)14/h7,12H,5-6H2,1-4H3,(H,13,14)/t7-/m0/s1. The molecule has 0 aliphatic carbocycles. The number of aliphatic hydroxyl groups is 1. The van der Waals surface area contributed by atoms with Crippen LogP contribution in [0.3, 0.4) is 0 Å². The van der Waals surface area contributed by atoms with E-state index in [-0.39, 0.29) is 13.0 Å². The predicted octanol–water partition coefficient (Wildman–Crippen LogP) is 0.689. The highest BCUT2D eigenvalue weighted by atomic mass is 16.6. The van der Waals surface area contributed by atoms with Gasteiger partial charge in [0, 0.05) is 20.1 Å². The van der Waals surface area contributed by atoms with Crippen LogP contribution in [0.2, 0.25) is 0 Å². The monoisotopic (exact) mass is 233 g/mol. The average Bonchev–Trinajstić information content (AvgIpc) is 2.09. The van der Waals surface area contributed by atoms with Gasteiger partial charge in [0.25, 0.3) is 0 Å². The summed E-state index contributed by atoms with van der Waals surface area (Å²) in [6, 6.07) is -1.07. The fourth-order valence-corrected chi connectivity index (χ4v) is 1.07. The summed E-state index contributed by atoms with van der Waals surface area (Å²) >= 11 is 0. The summed E-state index contributed by atoms with van der Waals surface area (Å²) in [6.45, 7) is 4.78. The van der Waals surface area contributed by atoms with Crippen molar-refractivity contribution in [3.8, 4) is 0 Å². The molecule has 0 spiro atoms. The van der Waals surface area contributed by atoms with E-state index in [1.807, 2.05) is 0 Å². The summed E-state index contributed by atoms with van der Waals surface area (Å²) in [5.41, 5.74) is -0.673. The van der Waals surface area contributed by atoms with E-state index in [1.54, 1.807) is 20.8 Å². The molecule has 1 atom stereocenters. The van der Waals surface area contributed by atoms with Gasteiger partial charge in [-0.05, 0) is 20.8 Å². The SMILES string of the molecule is CN(C(=O)OC(C)(C)C)[C@@H](CCO)C(=O)O. The van der Waals surface area contributed by atoms with Crippen molar-refractivity contribution < 1.29 is 24.5 Å². The molecular formula is C10H19NO5. The minimum Gasteiger partial charge on any atom is -0.480 e. The molecule has 0 rings (SSSR count). The Hall–Kier alpha value is -1.30. The van der Waals surface area contributed by atoms with Crippen LogP contribution in [0.15, 0.2) is 0 Å². The van der Waals surface area contributed by atoms with Crippen molar-refractivity contribution in [3.63, 3.8) is 0 Å². The Kier molecular flexibility index (Phi) is 5.23. The second kappa shape index (κ2) is 5.69. The van der Waals surface area contributed by atoms with Gasteiger partial charge in [0.2, 0.25) is 0 Å². The lowest BCUT2D eigenvalue weighted by Crippen LogP contribution is -2.45. The molecule has 6 nitrogen and oxygen atoms in total. The van der Waals surface area contributed by atoms with Crippen LogP contribution in [0.5, 0.6) is 0 Å². The Morgan fingerprint density at radius 1 is 1.38 bits per heavy atom. The van der Waals surface area contributed by atoms with Crippen LogP contribution in [-0.4, -0.2) is 52.5 Å². The highest BCUT2D eigenvalue weighted by Gasteiger charge is 2.29. The first-order valence-electron chi connectivity index (χ1n) is 4.98. The zero-order valence-electron chi connectivity index (χ0n) is 10.1. The Morgan fingerprint density at radius 3 is 2.19 bits per heavy atom. The second-order valence-electron chi connectivity index (χ2n) is 4.46. The Labute approximate surface area is 94.8 Å². The third kappa shape index (κ3) is 4.97. The smallest absolute Gasteiger partial charge is 0.410 e. The van der Waals surface area contributed by atoms with Crippen LogP contribution in [0.4, 0.5) is 4.79 Å². The molecule has 0 bridgehead atoms. The van der Waals surface area contributed by atoms with Gasteiger partial charge in [-0.2, -0.15) is 0 Å². The van der Waals surface area contributed by atoms with E-state index in [9.17, 15) is 9.59 Å². The van der Waals surface area contributed by atoms with Crippen molar-refractivity contribution in [2.75, 3.05) is 13.7 Å². The highest BCUT2D eigenvalue weighted by molar-refractivity contribution is 5.79. The molecule has 0 aromatic carbocycles. The third-order valence-corrected chi connectivity index (χ3v) is 1.84. The summed E-state index contributed by atoms with van der Waals surface area (Å²) < 4.78 is 5.02. The maximum atomic E-state index is 11.5. The highest BCUT2D eigenvalue weighted by Crippen LogP contribution is 2.12. The number of rotatable bonds is 4. The minimum absolute atomic E-state index is 0.0227. The normalized spacial score (nSPS) is 13.1. The lowest BCUT2D eigenvalue weighted by Gasteiger charge is -2.28. The van der Waals surface area contributed by atoms with Crippen molar-refractivity contribution >= 4 is 12.1 Å². The molecule has 0 aromatic rings. The third-order valence-electron chi connectivity index (χ3n) is 1.84. The molecule has 0 fully saturated rings. The first-order chi connectivity index (χ1) is 7.19. The van der Waals surface area contributed by atoms with Crippen LogP contribution in [-0.2, 0) is 9.53 Å². The maximum absolute atomic E-state index is 11.5. The number of carboxylic acids is 1. The first-order valence-corrected chi connectivity index (χ1v) is 4.98. The zero-order valence-corrected chi connectivity index (χ0v) is 10.1. The van der Waals surface area contributed by atoms with E-state index in [2.05, 4.69) is 0 Å². The van der Waals surface area contributed by atoms with Gasteiger partial charge in [-0.25, -0.2) is 9.59 Å². The molecule has 1 amide bonds. The number of carbonyl (C=O) groups is 2. The lowest BCUT2D eigenvalue weighted by molar-refractivity contribution is -0.143. The Balaban J connectivity index is 4.55. The largest absolute Gasteiger partial charge is 0.480 e. The molecular weight excluding hydrogens is 214 g/mol. The van der Waals surface area contributed by atoms with Gasteiger partial charge in [0.15, 0.2) is 0 Å². The molecule has 6 heteroatoms. The molecule has 0 saturated carbocycles. The summed E-state index contributed by atoms with van der Waals surface area (Å²) in [5, 5.41) is 17.6. The molecule has 0 heterocycles. The zero-order chi connectivity index (χ0) is 12.9. The Morgan fingerprint density at radius 2 is 1.88 bits per heavy atom. The van der Waals surface area contributed by atoms with Gasteiger partial charge < -0.3 is 14.9 Å². The molecule has 16 heavy (non-hydrogen) atoms. The predicted molar refractivity (Wildman–Crippen MR) is 57.1 cm³/mol. The number of carbonyl (C=O) groups excluding carboxylic acids is 1. The van der Waals surface area contributed by atoms with Gasteiger partial charge in [-0.1, -0.05) is 0 Å². The van der Waals surface area contributed by atoms with Crippen molar-refractivity contribution in [2.45, 2.75) is 38.8 Å². The number of ether oxygens (including phenoxy) is 1. The van der Waals surface area contributed by atoms with Crippen LogP contribution < -0.4 is 0 Å². The molecule has 0 unspecified atom stereocenters. The molecule has 0 aliphatic heterocycles. The number of hydrogen-bond acceptors (Lipinski definition) is 4. The average molecular weight is 233 g/mol. The van der Waals surface area contributed by atoms with Gasteiger partial charge in [0.1, 0.15) is 11.6 Å². The summed E-state index contributed by atoms with van der Waals surface area (Å²) in [6.07, 6.45) is -0.737. The maximum Gasteiger partial charge on any atom is 0.410 e. The number of aliphatic carboxylic acids is 1. The minimum atomic E-state index is -1.16. The topological polar surface area (TPSA) is 87.1 Å². The summed E-state index contributed by atoms with van der Waals surface area (Å²) in [4.78, 5) is 23.4. The number of carboxylic acid groups (broad SMARTS) is 1. The van der Waals surface area contributed by atoms with Gasteiger partial charge in [-0.15, -0.1) is 0 Å². The van der Waals surface area contributed by atoms with Gasteiger partial charge >= 0.3 is 12.1 Å². The molecule has 94 valence electrons. The second-order valence-corrected chi connectivity index (χ2v) is 4.46. The van der Waals surface area contributed by atoms with Gasteiger partial charge in [0.05, 0.1) is 0 Å². The van der Waals surface area contributed by atoms with Crippen LogP contribution in [0.1, 0.15) is 27.2 Å². The van der Waals surface area contributed by atoms with Crippen molar-refractivity contribution in [2.24, 2.45) is 0 Å². The lowest BCUT2D eigenvalue weighted by atomic mass is 10.2. The van der Waals surface area contributed by atoms with Crippen molar-refractivity contribution in [1.82, 2.24) is 4.90 Å². The van der Waals surface area contributed by atoms with E-state index in [0.717, 1.165) is 4.90 Å². The Bertz CT molecular complexity index is 258. The molecule has 0 radical (unpaired) electrons.